The zero-order valence-corrected chi connectivity index (χ0v) is 10.1. The SMILES string of the molecule is C=C(C(=O)O)c1c(CC)cc(C)cc1CC. The van der Waals surface area contributed by atoms with Crippen LogP contribution in [0.25, 0.3) is 5.57 Å². The minimum absolute atomic E-state index is 0.203. The fourth-order valence-electron chi connectivity index (χ4n) is 1.99. The Labute approximate surface area is 96.6 Å². The van der Waals surface area contributed by atoms with E-state index in [0.29, 0.717) is 0 Å². The summed E-state index contributed by atoms with van der Waals surface area (Å²) in [7, 11) is 0. The van der Waals surface area contributed by atoms with Crippen LogP contribution < -0.4 is 0 Å². The van der Waals surface area contributed by atoms with Crippen LogP contribution in [0.1, 0.15) is 36.1 Å². The molecule has 1 N–H and O–H groups in total. The molecule has 0 amide bonds. The number of carbonyl (C=O) groups is 1. The number of benzene rings is 1. The van der Waals surface area contributed by atoms with Crippen molar-refractivity contribution in [1.29, 1.82) is 0 Å². The van der Waals surface area contributed by atoms with Gasteiger partial charge in [-0.05, 0) is 36.5 Å². The topological polar surface area (TPSA) is 37.3 Å². The highest BCUT2D eigenvalue weighted by molar-refractivity contribution is 6.15. The molecule has 86 valence electrons. The first-order chi connectivity index (χ1) is 7.51. The number of carboxylic acid groups (broad SMARTS) is 1. The second-order valence-corrected chi connectivity index (χ2v) is 3.95. The van der Waals surface area contributed by atoms with E-state index >= 15 is 0 Å². The van der Waals surface area contributed by atoms with Crippen LogP contribution >= 0.6 is 0 Å². The molecular formula is C14H18O2. The van der Waals surface area contributed by atoms with Gasteiger partial charge in [0.1, 0.15) is 0 Å². The molecule has 0 radical (unpaired) electrons. The summed E-state index contributed by atoms with van der Waals surface area (Å²) in [6.45, 7) is 9.77. The van der Waals surface area contributed by atoms with E-state index in [9.17, 15) is 4.79 Å². The Morgan fingerprint density at radius 3 is 2.00 bits per heavy atom. The molecule has 16 heavy (non-hydrogen) atoms. The van der Waals surface area contributed by atoms with Gasteiger partial charge in [0.05, 0.1) is 5.57 Å². The fraction of sp³-hybridized carbons (Fsp3) is 0.357. The molecule has 0 saturated carbocycles. The minimum atomic E-state index is -0.937. The monoisotopic (exact) mass is 218 g/mol. The largest absolute Gasteiger partial charge is 0.478 e. The van der Waals surface area contributed by atoms with E-state index in [1.54, 1.807) is 0 Å². The summed E-state index contributed by atoms with van der Waals surface area (Å²) in [5.74, 6) is -0.937. The molecule has 0 unspecified atom stereocenters. The van der Waals surface area contributed by atoms with E-state index in [1.165, 1.54) is 5.56 Å². The van der Waals surface area contributed by atoms with Crippen molar-refractivity contribution in [2.75, 3.05) is 0 Å². The lowest BCUT2D eigenvalue weighted by molar-refractivity contribution is -0.130. The molecule has 0 fully saturated rings. The van der Waals surface area contributed by atoms with Crippen molar-refractivity contribution < 1.29 is 9.90 Å². The number of rotatable bonds is 4. The normalized spacial score (nSPS) is 10.2. The molecule has 1 aromatic rings. The Hall–Kier alpha value is -1.57. The summed E-state index contributed by atoms with van der Waals surface area (Å²) in [6.07, 6.45) is 1.66. The molecule has 0 aliphatic rings. The highest BCUT2D eigenvalue weighted by Gasteiger charge is 2.15. The van der Waals surface area contributed by atoms with Crippen LogP contribution in [0, 0.1) is 6.92 Å². The van der Waals surface area contributed by atoms with Crippen LogP contribution in [0.15, 0.2) is 18.7 Å². The Kier molecular flexibility index (Phi) is 3.88. The van der Waals surface area contributed by atoms with Gasteiger partial charge in [-0.1, -0.05) is 38.1 Å². The summed E-state index contributed by atoms with van der Waals surface area (Å²) < 4.78 is 0. The maximum Gasteiger partial charge on any atom is 0.335 e. The van der Waals surface area contributed by atoms with E-state index in [4.69, 9.17) is 5.11 Å². The molecule has 0 aliphatic heterocycles. The number of aliphatic carboxylic acids is 1. The number of hydrogen-bond donors (Lipinski definition) is 1. The van der Waals surface area contributed by atoms with Gasteiger partial charge in [0.2, 0.25) is 0 Å². The maximum atomic E-state index is 11.0. The van der Waals surface area contributed by atoms with Gasteiger partial charge in [0.15, 0.2) is 0 Å². The summed E-state index contributed by atoms with van der Waals surface area (Å²) in [5.41, 5.74) is 4.35. The van der Waals surface area contributed by atoms with E-state index in [0.717, 1.165) is 29.5 Å². The van der Waals surface area contributed by atoms with Crippen LogP contribution in [0.2, 0.25) is 0 Å². The van der Waals surface area contributed by atoms with E-state index in [-0.39, 0.29) is 5.57 Å². The average molecular weight is 218 g/mol. The molecule has 1 aromatic carbocycles. The Morgan fingerprint density at radius 1 is 1.25 bits per heavy atom. The Balaban J connectivity index is 3.44. The second kappa shape index (κ2) is 4.97. The Bertz CT molecular complexity index is 405. The molecule has 0 saturated heterocycles. The number of carboxylic acids is 1. The second-order valence-electron chi connectivity index (χ2n) is 3.95. The van der Waals surface area contributed by atoms with Gasteiger partial charge in [-0.3, -0.25) is 0 Å². The molecule has 2 nitrogen and oxygen atoms in total. The Morgan fingerprint density at radius 2 is 1.69 bits per heavy atom. The molecule has 0 aliphatic carbocycles. The fourth-order valence-corrected chi connectivity index (χ4v) is 1.99. The van der Waals surface area contributed by atoms with Crippen molar-refractivity contribution in [2.24, 2.45) is 0 Å². The quantitative estimate of drug-likeness (QED) is 0.788. The van der Waals surface area contributed by atoms with Crippen molar-refractivity contribution in [3.63, 3.8) is 0 Å². The third-order valence-corrected chi connectivity index (χ3v) is 2.77. The first-order valence-electron chi connectivity index (χ1n) is 5.56. The lowest BCUT2D eigenvalue weighted by Crippen LogP contribution is -2.05. The van der Waals surface area contributed by atoms with Gasteiger partial charge in [-0.15, -0.1) is 0 Å². The molecule has 0 bridgehead atoms. The van der Waals surface area contributed by atoms with Crippen LogP contribution in [0.5, 0.6) is 0 Å². The standard InChI is InChI=1S/C14H18O2/c1-5-11-7-9(3)8-12(6-2)13(11)10(4)14(15)16/h7-8H,4-6H2,1-3H3,(H,15,16). The van der Waals surface area contributed by atoms with E-state index < -0.39 is 5.97 Å². The van der Waals surface area contributed by atoms with Gasteiger partial charge >= 0.3 is 5.97 Å². The third-order valence-electron chi connectivity index (χ3n) is 2.77. The summed E-state index contributed by atoms with van der Waals surface area (Å²) in [5, 5.41) is 9.05. The lowest BCUT2D eigenvalue weighted by Gasteiger charge is -2.14. The highest BCUT2D eigenvalue weighted by atomic mass is 16.4. The summed E-state index contributed by atoms with van der Waals surface area (Å²) >= 11 is 0. The molecular weight excluding hydrogens is 200 g/mol. The first kappa shape index (κ1) is 12.5. The van der Waals surface area contributed by atoms with Gasteiger partial charge in [-0.25, -0.2) is 4.79 Å². The van der Waals surface area contributed by atoms with Gasteiger partial charge in [0, 0.05) is 0 Å². The highest BCUT2D eigenvalue weighted by Crippen LogP contribution is 2.25. The van der Waals surface area contributed by atoms with E-state index in [1.807, 2.05) is 32.9 Å². The van der Waals surface area contributed by atoms with Crippen LogP contribution in [-0.2, 0) is 17.6 Å². The number of hydrogen-bond acceptors (Lipinski definition) is 1. The van der Waals surface area contributed by atoms with Gasteiger partial charge < -0.3 is 5.11 Å². The third kappa shape index (κ3) is 2.32. The molecule has 1 rings (SSSR count). The average Bonchev–Trinajstić information content (AvgIpc) is 2.26. The minimum Gasteiger partial charge on any atom is -0.478 e. The smallest absolute Gasteiger partial charge is 0.335 e. The zero-order chi connectivity index (χ0) is 12.3. The predicted octanol–water partition coefficient (Wildman–Crippen LogP) is 3.22. The van der Waals surface area contributed by atoms with Crippen molar-refractivity contribution in [3.8, 4) is 0 Å². The van der Waals surface area contributed by atoms with Crippen LogP contribution in [0.3, 0.4) is 0 Å². The van der Waals surface area contributed by atoms with Crippen molar-refractivity contribution in [2.45, 2.75) is 33.6 Å². The molecule has 0 heterocycles. The maximum absolute atomic E-state index is 11.0. The van der Waals surface area contributed by atoms with Crippen molar-refractivity contribution in [1.82, 2.24) is 0 Å². The van der Waals surface area contributed by atoms with Crippen LogP contribution in [0.4, 0.5) is 0 Å². The lowest BCUT2D eigenvalue weighted by atomic mass is 9.90. The van der Waals surface area contributed by atoms with Crippen molar-refractivity contribution >= 4 is 11.5 Å². The number of aryl methyl sites for hydroxylation is 3. The van der Waals surface area contributed by atoms with Crippen molar-refractivity contribution in [3.05, 3.63) is 41.0 Å². The van der Waals surface area contributed by atoms with Gasteiger partial charge in [0.25, 0.3) is 0 Å². The summed E-state index contributed by atoms with van der Waals surface area (Å²) in [6, 6.07) is 4.09. The molecule has 2 heteroatoms. The molecule has 0 spiro atoms. The molecule has 0 aromatic heterocycles. The van der Waals surface area contributed by atoms with Crippen LogP contribution in [-0.4, -0.2) is 11.1 Å². The van der Waals surface area contributed by atoms with Gasteiger partial charge in [-0.2, -0.15) is 0 Å². The zero-order valence-electron chi connectivity index (χ0n) is 10.1. The summed E-state index contributed by atoms with van der Waals surface area (Å²) in [4.78, 5) is 11.0. The molecule has 0 atom stereocenters. The van der Waals surface area contributed by atoms with E-state index in [2.05, 4.69) is 6.58 Å². The predicted molar refractivity (Wildman–Crippen MR) is 66.6 cm³/mol. The first-order valence-corrected chi connectivity index (χ1v) is 5.56.